The zero-order valence-corrected chi connectivity index (χ0v) is 24.8. The van der Waals surface area contributed by atoms with Gasteiger partial charge in [-0.2, -0.15) is 9.82 Å². The Balaban J connectivity index is 1.69. The topological polar surface area (TPSA) is 123 Å². The molecule has 38 heavy (non-hydrogen) atoms. The lowest BCUT2D eigenvalue weighted by Gasteiger charge is -2.17. The second-order valence-corrected chi connectivity index (χ2v) is 11.6. The SMILES string of the molecule is CCOC(=O)COc1ccc(/C=N\NC(=O)[C@@H](Cc2ccccc2)NS(=O)(=O)c2ccc(I)cc2)cc1Br. The van der Waals surface area contributed by atoms with Crippen LogP contribution < -0.4 is 14.9 Å². The largest absolute Gasteiger partial charge is 0.481 e. The summed E-state index contributed by atoms with van der Waals surface area (Å²) in [5, 5.41) is 3.99. The summed E-state index contributed by atoms with van der Waals surface area (Å²) in [5.41, 5.74) is 3.82. The number of hydrogen-bond donors (Lipinski definition) is 2. The van der Waals surface area contributed by atoms with Crippen LogP contribution in [0.25, 0.3) is 0 Å². The molecule has 0 unspecified atom stereocenters. The average Bonchev–Trinajstić information content (AvgIpc) is 2.88. The lowest BCUT2D eigenvalue weighted by Crippen LogP contribution is -2.46. The van der Waals surface area contributed by atoms with Crippen molar-refractivity contribution in [3.8, 4) is 5.75 Å². The quantitative estimate of drug-likeness (QED) is 0.127. The highest BCUT2D eigenvalue weighted by molar-refractivity contribution is 14.1. The van der Waals surface area contributed by atoms with Gasteiger partial charge in [-0.15, -0.1) is 0 Å². The molecule has 0 spiro atoms. The van der Waals surface area contributed by atoms with Gasteiger partial charge in [-0.05, 0) is 105 Å². The van der Waals surface area contributed by atoms with Crippen molar-refractivity contribution < 1.29 is 27.5 Å². The molecule has 0 aliphatic heterocycles. The number of esters is 1. The minimum Gasteiger partial charge on any atom is -0.481 e. The predicted octanol–water partition coefficient (Wildman–Crippen LogP) is 4.04. The smallest absolute Gasteiger partial charge is 0.344 e. The molecule has 2 N–H and O–H groups in total. The lowest BCUT2D eigenvalue weighted by atomic mass is 10.1. The van der Waals surface area contributed by atoms with E-state index in [0.29, 0.717) is 15.8 Å². The fraction of sp³-hybridized carbons (Fsp3) is 0.192. The Morgan fingerprint density at radius 2 is 1.79 bits per heavy atom. The minimum atomic E-state index is -3.96. The zero-order chi connectivity index (χ0) is 27.5. The maximum Gasteiger partial charge on any atom is 0.344 e. The van der Waals surface area contributed by atoms with E-state index in [-0.39, 0.29) is 24.5 Å². The molecule has 0 aliphatic rings. The number of nitrogens with zero attached hydrogens (tertiary/aromatic N) is 1. The summed E-state index contributed by atoms with van der Waals surface area (Å²) in [4.78, 5) is 24.5. The molecule has 3 aromatic carbocycles. The van der Waals surface area contributed by atoms with E-state index >= 15 is 0 Å². The maximum atomic E-state index is 13.0. The molecule has 3 aromatic rings. The number of nitrogens with one attached hydrogen (secondary N) is 2. The summed E-state index contributed by atoms with van der Waals surface area (Å²) in [6.07, 6.45) is 1.54. The standard InChI is InChI=1S/C26H25BrIN3O6S/c1-2-36-25(32)17-37-24-13-8-19(14-22(24)27)16-29-30-26(33)23(15-18-6-4-3-5-7-18)31-38(34,35)21-11-9-20(28)10-12-21/h3-14,16,23,31H,2,15,17H2,1H3,(H,30,33)/b29-16-/t23-/m1/s1. The van der Waals surface area contributed by atoms with E-state index in [1.165, 1.54) is 18.3 Å². The number of sulfonamides is 1. The van der Waals surface area contributed by atoms with E-state index in [9.17, 15) is 18.0 Å². The van der Waals surface area contributed by atoms with Crippen LogP contribution in [0, 0.1) is 3.57 Å². The lowest BCUT2D eigenvalue weighted by molar-refractivity contribution is -0.145. The average molecular weight is 714 g/mol. The van der Waals surface area contributed by atoms with Crippen LogP contribution in [-0.2, 0) is 30.8 Å². The van der Waals surface area contributed by atoms with Gasteiger partial charge in [0.05, 0.1) is 22.2 Å². The van der Waals surface area contributed by atoms with Gasteiger partial charge < -0.3 is 9.47 Å². The van der Waals surface area contributed by atoms with Crippen LogP contribution in [0.1, 0.15) is 18.1 Å². The highest BCUT2D eigenvalue weighted by Crippen LogP contribution is 2.25. The fourth-order valence-electron chi connectivity index (χ4n) is 3.21. The summed E-state index contributed by atoms with van der Waals surface area (Å²) in [7, 11) is -3.96. The first kappa shape index (κ1) is 29.7. The number of amides is 1. The zero-order valence-electron chi connectivity index (χ0n) is 20.3. The Bertz CT molecular complexity index is 1390. The van der Waals surface area contributed by atoms with Crippen LogP contribution in [0.2, 0.25) is 0 Å². The molecule has 1 atom stereocenters. The van der Waals surface area contributed by atoms with Gasteiger partial charge in [0.2, 0.25) is 10.0 Å². The van der Waals surface area contributed by atoms with Crippen molar-refractivity contribution in [1.82, 2.24) is 10.1 Å². The van der Waals surface area contributed by atoms with Crippen molar-refractivity contribution in [2.75, 3.05) is 13.2 Å². The molecule has 0 saturated heterocycles. The summed E-state index contributed by atoms with van der Waals surface area (Å²) in [6.45, 7) is 1.75. The molecule has 1 amide bonds. The van der Waals surface area contributed by atoms with Gasteiger partial charge >= 0.3 is 5.97 Å². The molecule has 0 aliphatic carbocycles. The van der Waals surface area contributed by atoms with Gasteiger partial charge in [0.15, 0.2) is 6.61 Å². The number of hydrazone groups is 1. The van der Waals surface area contributed by atoms with Crippen LogP contribution in [-0.4, -0.2) is 45.8 Å². The van der Waals surface area contributed by atoms with E-state index in [0.717, 1.165) is 9.13 Å². The summed E-state index contributed by atoms with van der Waals surface area (Å²) >= 11 is 5.46. The number of rotatable bonds is 12. The number of halogens is 2. The molecular weight excluding hydrogens is 689 g/mol. The van der Waals surface area contributed by atoms with Gasteiger partial charge in [0, 0.05) is 3.57 Å². The molecule has 0 aromatic heterocycles. The van der Waals surface area contributed by atoms with Crippen LogP contribution in [0.3, 0.4) is 0 Å². The Morgan fingerprint density at radius 1 is 1.08 bits per heavy atom. The first-order valence-electron chi connectivity index (χ1n) is 11.4. The molecule has 3 rings (SSSR count). The Kier molecular flexibility index (Phi) is 11.2. The van der Waals surface area contributed by atoms with Crippen LogP contribution in [0.5, 0.6) is 5.75 Å². The van der Waals surface area contributed by atoms with E-state index in [4.69, 9.17) is 9.47 Å². The molecule has 0 heterocycles. The molecule has 9 nitrogen and oxygen atoms in total. The number of carbonyl (C=O) groups is 2. The van der Waals surface area contributed by atoms with E-state index in [1.807, 2.05) is 30.3 Å². The van der Waals surface area contributed by atoms with Crippen molar-refractivity contribution in [3.63, 3.8) is 0 Å². The normalized spacial score (nSPS) is 12.2. The highest BCUT2D eigenvalue weighted by Gasteiger charge is 2.26. The van der Waals surface area contributed by atoms with Gasteiger partial charge in [-0.1, -0.05) is 30.3 Å². The minimum absolute atomic E-state index is 0.0578. The molecule has 200 valence electrons. The second-order valence-electron chi connectivity index (χ2n) is 7.84. The van der Waals surface area contributed by atoms with Gasteiger partial charge in [-0.25, -0.2) is 18.6 Å². The van der Waals surface area contributed by atoms with Crippen LogP contribution in [0.4, 0.5) is 0 Å². The molecular formula is C26H25BrIN3O6S. The summed E-state index contributed by atoms with van der Waals surface area (Å²) < 4.78 is 40.2. The fourth-order valence-corrected chi connectivity index (χ4v) is 5.27. The maximum absolute atomic E-state index is 13.0. The Hall–Kier alpha value is -2.81. The van der Waals surface area contributed by atoms with Crippen LogP contribution in [0.15, 0.2) is 87.3 Å². The van der Waals surface area contributed by atoms with Crippen LogP contribution >= 0.6 is 38.5 Å². The van der Waals surface area contributed by atoms with Crippen molar-refractivity contribution in [2.45, 2.75) is 24.3 Å². The summed E-state index contributed by atoms with van der Waals surface area (Å²) in [6, 6.07) is 19.3. The molecule has 0 bridgehead atoms. The van der Waals surface area contributed by atoms with Gasteiger partial charge in [0.1, 0.15) is 11.8 Å². The van der Waals surface area contributed by atoms with E-state index in [1.54, 1.807) is 37.3 Å². The molecule has 0 fully saturated rings. The number of carbonyl (C=O) groups excluding carboxylic acids is 2. The van der Waals surface area contributed by atoms with Gasteiger partial charge in [0.25, 0.3) is 5.91 Å². The van der Waals surface area contributed by atoms with Crippen molar-refractivity contribution in [2.24, 2.45) is 5.10 Å². The Morgan fingerprint density at radius 3 is 2.45 bits per heavy atom. The molecule has 12 heteroatoms. The number of hydrogen-bond acceptors (Lipinski definition) is 7. The van der Waals surface area contributed by atoms with Gasteiger partial charge in [-0.3, -0.25) is 4.79 Å². The highest BCUT2D eigenvalue weighted by atomic mass is 127. The summed E-state index contributed by atoms with van der Waals surface area (Å²) in [5.74, 6) is -0.657. The second kappa shape index (κ2) is 14.4. The third kappa shape index (κ3) is 9.19. The van der Waals surface area contributed by atoms with Crippen molar-refractivity contribution >= 4 is 66.6 Å². The third-order valence-electron chi connectivity index (χ3n) is 5.02. The molecule has 0 radical (unpaired) electrons. The number of ether oxygens (including phenoxy) is 2. The third-order valence-corrected chi connectivity index (χ3v) is 7.84. The first-order chi connectivity index (χ1) is 18.2. The van der Waals surface area contributed by atoms with Crippen molar-refractivity contribution in [3.05, 3.63) is 92.0 Å². The van der Waals surface area contributed by atoms with E-state index < -0.39 is 27.9 Å². The van der Waals surface area contributed by atoms with E-state index in [2.05, 4.69) is 53.8 Å². The van der Waals surface area contributed by atoms with Crippen molar-refractivity contribution in [1.29, 1.82) is 0 Å². The molecule has 0 saturated carbocycles. The number of benzene rings is 3. The first-order valence-corrected chi connectivity index (χ1v) is 14.8. The monoisotopic (exact) mass is 713 g/mol. The predicted molar refractivity (Wildman–Crippen MR) is 155 cm³/mol. The Labute approximate surface area is 243 Å².